The van der Waals surface area contributed by atoms with Gasteiger partial charge in [0.15, 0.2) is 0 Å². The smallest absolute Gasteiger partial charge is 0.224 e. The van der Waals surface area contributed by atoms with Gasteiger partial charge in [-0.05, 0) is 35.7 Å². The second kappa shape index (κ2) is 6.54. The zero-order valence-electron chi connectivity index (χ0n) is 10.7. The molecule has 2 aromatic rings. The Morgan fingerprint density at radius 1 is 1.16 bits per heavy atom. The van der Waals surface area contributed by atoms with Crippen molar-refractivity contribution in [2.24, 2.45) is 0 Å². The Morgan fingerprint density at radius 3 is 2.63 bits per heavy atom. The summed E-state index contributed by atoms with van der Waals surface area (Å²) in [6.07, 6.45) is 4.58. The number of carbonyl (C=O) groups is 1. The Bertz CT molecular complexity index is 523. The summed E-state index contributed by atoms with van der Waals surface area (Å²) < 4.78 is 0. The van der Waals surface area contributed by atoms with Crippen molar-refractivity contribution in [3.63, 3.8) is 0 Å². The van der Waals surface area contributed by atoms with Crippen molar-refractivity contribution in [2.45, 2.75) is 12.8 Å². The van der Waals surface area contributed by atoms with Crippen LogP contribution in [0.5, 0.6) is 0 Å². The number of carbonyl (C=O) groups excluding carboxylic acids is 1. The molecule has 3 N–H and O–H groups in total. The van der Waals surface area contributed by atoms with Crippen LogP contribution in [0.25, 0.3) is 0 Å². The second-order valence-corrected chi connectivity index (χ2v) is 4.38. The molecular formula is C15H17N3O. The molecule has 19 heavy (non-hydrogen) atoms. The van der Waals surface area contributed by atoms with Crippen molar-refractivity contribution in [2.75, 3.05) is 12.3 Å². The quantitative estimate of drug-likeness (QED) is 0.797. The molecule has 0 atom stereocenters. The van der Waals surface area contributed by atoms with Gasteiger partial charge in [-0.1, -0.05) is 18.2 Å². The number of anilines is 1. The van der Waals surface area contributed by atoms with Crippen LogP contribution in [0.15, 0.2) is 48.8 Å². The minimum Gasteiger partial charge on any atom is -0.399 e. The predicted octanol–water partition coefficient (Wildman–Crippen LogP) is 1.57. The summed E-state index contributed by atoms with van der Waals surface area (Å²) in [5.41, 5.74) is 8.45. The van der Waals surface area contributed by atoms with Crippen LogP contribution in [0, 0.1) is 0 Å². The molecule has 4 heteroatoms. The Labute approximate surface area is 112 Å². The van der Waals surface area contributed by atoms with Crippen LogP contribution in [0.3, 0.4) is 0 Å². The number of nitrogens with two attached hydrogens (primary N) is 1. The first-order chi connectivity index (χ1) is 9.24. The zero-order chi connectivity index (χ0) is 13.5. The first-order valence-corrected chi connectivity index (χ1v) is 6.24. The van der Waals surface area contributed by atoms with E-state index in [0.29, 0.717) is 13.0 Å². The maximum atomic E-state index is 11.7. The van der Waals surface area contributed by atoms with E-state index in [2.05, 4.69) is 10.3 Å². The molecule has 2 rings (SSSR count). The summed E-state index contributed by atoms with van der Waals surface area (Å²) in [6.45, 7) is 0.628. The maximum absolute atomic E-state index is 11.7. The minimum atomic E-state index is 0.0171. The fourth-order valence-electron chi connectivity index (χ4n) is 1.78. The van der Waals surface area contributed by atoms with Crippen LogP contribution < -0.4 is 11.1 Å². The van der Waals surface area contributed by atoms with Crippen molar-refractivity contribution in [1.29, 1.82) is 0 Å². The SMILES string of the molecule is Nc1ccc(CCNC(=O)Cc2cccnc2)cc1. The molecule has 1 heterocycles. The molecule has 0 radical (unpaired) electrons. The topological polar surface area (TPSA) is 68.0 Å². The van der Waals surface area contributed by atoms with Gasteiger partial charge in [-0.2, -0.15) is 0 Å². The lowest BCUT2D eigenvalue weighted by Gasteiger charge is -2.05. The van der Waals surface area contributed by atoms with Crippen molar-refractivity contribution in [3.05, 3.63) is 59.9 Å². The highest BCUT2D eigenvalue weighted by Crippen LogP contribution is 2.05. The van der Waals surface area contributed by atoms with Crippen LogP contribution in [-0.2, 0) is 17.6 Å². The van der Waals surface area contributed by atoms with Gasteiger partial charge < -0.3 is 11.1 Å². The maximum Gasteiger partial charge on any atom is 0.224 e. The van der Waals surface area contributed by atoms with Crippen molar-refractivity contribution < 1.29 is 4.79 Å². The van der Waals surface area contributed by atoms with Crippen LogP contribution in [-0.4, -0.2) is 17.4 Å². The van der Waals surface area contributed by atoms with E-state index < -0.39 is 0 Å². The number of hydrogen-bond acceptors (Lipinski definition) is 3. The van der Waals surface area contributed by atoms with Gasteiger partial charge in [-0.15, -0.1) is 0 Å². The average Bonchev–Trinajstić information content (AvgIpc) is 2.42. The zero-order valence-corrected chi connectivity index (χ0v) is 10.7. The van der Waals surface area contributed by atoms with E-state index in [1.54, 1.807) is 12.4 Å². The number of amides is 1. The molecule has 1 aromatic heterocycles. The molecule has 0 aliphatic rings. The number of nitrogens with zero attached hydrogens (tertiary/aromatic N) is 1. The minimum absolute atomic E-state index is 0.0171. The average molecular weight is 255 g/mol. The number of nitrogens with one attached hydrogen (secondary N) is 1. The Kier molecular flexibility index (Phi) is 4.50. The number of rotatable bonds is 5. The predicted molar refractivity (Wildman–Crippen MR) is 75.5 cm³/mol. The summed E-state index contributed by atoms with van der Waals surface area (Å²) in [6, 6.07) is 11.4. The van der Waals surface area contributed by atoms with E-state index in [9.17, 15) is 4.79 Å². The number of aromatic nitrogens is 1. The highest BCUT2D eigenvalue weighted by atomic mass is 16.1. The fourth-order valence-corrected chi connectivity index (χ4v) is 1.78. The van der Waals surface area contributed by atoms with Gasteiger partial charge in [0.2, 0.25) is 5.91 Å². The van der Waals surface area contributed by atoms with E-state index in [-0.39, 0.29) is 5.91 Å². The molecule has 0 saturated carbocycles. The molecule has 98 valence electrons. The largest absolute Gasteiger partial charge is 0.399 e. The van der Waals surface area contributed by atoms with Gasteiger partial charge >= 0.3 is 0 Å². The van der Waals surface area contributed by atoms with Crippen molar-refractivity contribution >= 4 is 11.6 Å². The van der Waals surface area contributed by atoms with Crippen LogP contribution in [0.2, 0.25) is 0 Å². The van der Waals surface area contributed by atoms with Crippen molar-refractivity contribution in [3.8, 4) is 0 Å². The Morgan fingerprint density at radius 2 is 1.95 bits per heavy atom. The Hall–Kier alpha value is -2.36. The van der Waals surface area contributed by atoms with Crippen molar-refractivity contribution in [1.82, 2.24) is 10.3 Å². The summed E-state index contributed by atoms with van der Waals surface area (Å²) in [7, 11) is 0. The first-order valence-electron chi connectivity index (χ1n) is 6.24. The van der Waals surface area contributed by atoms with Gasteiger partial charge in [-0.3, -0.25) is 9.78 Å². The van der Waals surface area contributed by atoms with E-state index >= 15 is 0 Å². The van der Waals surface area contributed by atoms with Gasteiger partial charge in [0.25, 0.3) is 0 Å². The Balaban J connectivity index is 1.74. The standard InChI is InChI=1S/C15H17N3O/c16-14-5-3-12(4-6-14)7-9-18-15(19)10-13-2-1-8-17-11-13/h1-6,8,11H,7,9-10,16H2,(H,18,19). The van der Waals surface area contributed by atoms with Gasteiger partial charge in [0.05, 0.1) is 6.42 Å². The molecule has 0 spiro atoms. The number of nitrogen functional groups attached to an aromatic ring is 1. The molecule has 0 bridgehead atoms. The summed E-state index contributed by atoms with van der Waals surface area (Å²) in [5, 5.41) is 2.90. The molecule has 4 nitrogen and oxygen atoms in total. The molecule has 0 unspecified atom stereocenters. The second-order valence-electron chi connectivity index (χ2n) is 4.38. The van der Waals surface area contributed by atoms with E-state index in [4.69, 9.17) is 5.73 Å². The van der Waals surface area contributed by atoms with Crippen LogP contribution >= 0.6 is 0 Å². The highest BCUT2D eigenvalue weighted by molar-refractivity contribution is 5.78. The lowest BCUT2D eigenvalue weighted by molar-refractivity contribution is -0.120. The molecule has 0 aliphatic carbocycles. The summed E-state index contributed by atoms with van der Waals surface area (Å²) in [4.78, 5) is 15.7. The van der Waals surface area contributed by atoms with E-state index in [1.165, 1.54) is 0 Å². The first kappa shape index (κ1) is 13.1. The monoisotopic (exact) mass is 255 g/mol. The summed E-state index contributed by atoms with van der Waals surface area (Å²) in [5.74, 6) is 0.0171. The van der Waals surface area contributed by atoms with Crippen LogP contribution in [0.1, 0.15) is 11.1 Å². The molecular weight excluding hydrogens is 238 g/mol. The van der Waals surface area contributed by atoms with Gasteiger partial charge in [-0.25, -0.2) is 0 Å². The molecule has 0 saturated heterocycles. The molecule has 0 aliphatic heterocycles. The van der Waals surface area contributed by atoms with Gasteiger partial charge in [0.1, 0.15) is 0 Å². The normalized spacial score (nSPS) is 10.1. The molecule has 0 fully saturated rings. The number of pyridine rings is 1. The number of hydrogen-bond donors (Lipinski definition) is 2. The molecule has 1 aromatic carbocycles. The molecule has 1 amide bonds. The third kappa shape index (κ3) is 4.43. The summed E-state index contributed by atoms with van der Waals surface area (Å²) >= 11 is 0. The number of benzene rings is 1. The lowest BCUT2D eigenvalue weighted by Crippen LogP contribution is -2.27. The third-order valence-corrected chi connectivity index (χ3v) is 2.80. The fraction of sp³-hybridized carbons (Fsp3) is 0.200. The van der Waals surface area contributed by atoms with Gasteiger partial charge in [0, 0.05) is 24.6 Å². The van der Waals surface area contributed by atoms with E-state index in [0.717, 1.165) is 23.2 Å². The van der Waals surface area contributed by atoms with E-state index in [1.807, 2.05) is 36.4 Å². The highest BCUT2D eigenvalue weighted by Gasteiger charge is 2.02. The van der Waals surface area contributed by atoms with Crippen LogP contribution in [0.4, 0.5) is 5.69 Å². The third-order valence-electron chi connectivity index (χ3n) is 2.80. The lowest BCUT2D eigenvalue weighted by atomic mass is 10.1.